The highest BCUT2D eigenvalue weighted by atomic mass is 16.3. The molecule has 0 aliphatic carbocycles. The van der Waals surface area contributed by atoms with Crippen LogP contribution < -0.4 is 4.90 Å². The molecule has 2 nitrogen and oxygen atoms in total. The van der Waals surface area contributed by atoms with Crippen molar-refractivity contribution in [2.45, 2.75) is 0 Å². The van der Waals surface area contributed by atoms with Gasteiger partial charge in [-0.2, -0.15) is 0 Å². The molecular formula is C54H35NO. The summed E-state index contributed by atoms with van der Waals surface area (Å²) in [5, 5.41) is 9.58. The van der Waals surface area contributed by atoms with Crippen LogP contribution in [0.25, 0.3) is 87.6 Å². The van der Waals surface area contributed by atoms with Crippen LogP contribution in [-0.4, -0.2) is 0 Å². The molecule has 56 heavy (non-hydrogen) atoms. The highest BCUT2D eigenvalue weighted by Crippen LogP contribution is 2.47. The molecule has 0 saturated carbocycles. The SMILES string of the molecule is c1ccc(-c2ccc(N(c3ccc4oc5cc6ccccc6cc5c4c3)c3ccccc3-c3ccccc3-c3cc4ccccc4c4ccccc34)cc2)cc1. The number of hydrogen-bond donors (Lipinski definition) is 0. The van der Waals surface area contributed by atoms with Gasteiger partial charge in [0.2, 0.25) is 0 Å². The van der Waals surface area contributed by atoms with E-state index >= 15 is 0 Å². The molecule has 1 heterocycles. The van der Waals surface area contributed by atoms with Crippen LogP contribution >= 0.6 is 0 Å². The van der Waals surface area contributed by atoms with Gasteiger partial charge in [0, 0.05) is 27.7 Å². The minimum Gasteiger partial charge on any atom is -0.456 e. The van der Waals surface area contributed by atoms with E-state index in [4.69, 9.17) is 4.42 Å². The van der Waals surface area contributed by atoms with Crippen LogP contribution in [0.5, 0.6) is 0 Å². The fourth-order valence-corrected chi connectivity index (χ4v) is 8.58. The van der Waals surface area contributed by atoms with Gasteiger partial charge in [-0.15, -0.1) is 0 Å². The van der Waals surface area contributed by atoms with Gasteiger partial charge in [0.1, 0.15) is 11.2 Å². The lowest BCUT2D eigenvalue weighted by Crippen LogP contribution is -2.11. The van der Waals surface area contributed by atoms with Gasteiger partial charge < -0.3 is 9.32 Å². The summed E-state index contributed by atoms with van der Waals surface area (Å²) in [4.78, 5) is 2.40. The Hall–Kier alpha value is -7.42. The number of rotatable bonds is 6. The number of para-hydroxylation sites is 1. The molecule has 0 amide bonds. The second-order valence-corrected chi connectivity index (χ2v) is 14.5. The van der Waals surface area contributed by atoms with Crippen LogP contribution in [0.1, 0.15) is 0 Å². The Kier molecular flexibility index (Phi) is 7.53. The minimum absolute atomic E-state index is 0.875. The quantitative estimate of drug-likeness (QED) is 0.160. The summed E-state index contributed by atoms with van der Waals surface area (Å²) in [6.45, 7) is 0. The number of nitrogens with zero attached hydrogens (tertiary/aromatic N) is 1. The number of anilines is 3. The van der Waals surface area contributed by atoms with Gasteiger partial charge in [0.05, 0.1) is 5.69 Å². The lowest BCUT2D eigenvalue weighted by Gasteiger charge is -2.29. The first-order valence-electron chi connectivity index (χ1n) is 19.2. The van der Waals surface area contributed by atoms with Gasteiger partial charge in [-0.05, 0) is 115 Å². The Labute approximate surface area is 325 Å². The largest absolute Gasteiger partial charge is 0.456 e. The van der Waals surface area contributed by atoms with E-state index in [9.17, 15) is 0 Å². The third-order valence-corrected chi connectivity index (χ3v) is 11.2. The first kappa shape index (κ1) is 32.0. The van der Waals surface area contributed by atoms with E-state index in [-0.39, 0.29) is 0 Å². The molecule has 0 fully saturated rings. The average molecular weight is 714 g/mol. The molecule has 0 spiro atoms. The zero-order valence-electron chi connectivity index (χ0n) is 30.6. The Bertz CT molecular complexity index is 3250. The summed E-state index contributed by atoms with van der Waals surface area (Å²) in [5.74, 6) is 0. The maximum Gasteiger partial charge on any atom is 0.136 e. The van der Waals surface area contributed by atoms with E-state index in [0.717, 1.165) is 44.6 Å². The lowest BCUT2D eigenvalue weighted by atomic mass is 9.88. The maximum atomic E-state index is 6.48. The predicted octanol–water partition coefficient (Wildman–Crippen LogP) is 15.5. The third-order valence-electron chi connectivity index (χ3n) is 11.2. The molecule has 0 saturated heterocycles. The fourth-order valence-electron chi connectivity index (χ4n) is 8.58. The van der Waals surface area contributed by atoms with Crippen LogP contribution in [0, 0.1) is 0 Å². The van der Waals surface area contributed by atoms with Crippen LogP contribution in [0.2, 0.25) is 0 Å². The monoisotopic (exact) mass is 713 g/mol. The van der Waals surface area contributed by atoms with E-state index < -0.39 is 0 Å². The summed E-state index contributed by atoms with van der Waals surface area (Å²) in [6.07, 6.45) is 0. The van der Waals surface area contributed by atoms with E-state index in [1.807, 2.05) is 0 Å². The van der Waals surface area contributed by atoms with Crippen molar-refractivity contribution in [1.29, 1.82) is 0 Å². The van der Waals surface area contributed by atoms with Crippen LogP contribution in [-0.2, 0) is 0 Å². The van der Waals surface area contributed by atoms with E-state index in [2.05, 4.69) is 217 Å². The van der Waals surface area contributed by atoms with Gasteiger partial charge in [-0.1, -0.05) is 158 Å². The van der Waals surface area contributed by atoms with Gasteiger partial charge >= 0.3 is 0 Å². The molecule has 0 aliphatic heterocycles. The fraction of sp³-hybridized carbons (Fsp3) is 0. The molecule has 2 heteroatoms. The lowest BCUT2D eigenvalue weighted by molar-refractivity contribution is 0.669. The molecule has 11 rings (SSSR count). The molecule has 0 unspecified atom stereocenters. The van der Waals surface area contributed by atoms with Gasteiger partial charge in [-0.25, -0.2) is 0 Å². The average Bonchev–Trinajstić information content (AvgIpc) is 3.62. The van der Waals surface area contributed by atoms with Crippen molar-refractivity contribution in [3.8, 4) is 33.4 Å². The number of fused-ring (bicyclic) bond motifs is 7. The zero-order valence-corrected chi connectivity index (χ0v) is 30.6. The molecule has 1 aromatic heterocycles. The minimum atomic E-state index is 0.875. The highest BCUT2D eigenvalue weighted by Gasteiger charge is 2.21. The molecule has 11 aromatic rings. The molecule has 0 bridgehead atoms. The zero-order chi connectivity index (χ0) is 37.0. The van der Waals surface area contributed by atoms with E-state index in [1.165, 1.54) is 60.1 Å². The number of furan rings is 1. The second kappa shape index (κ2) is 13.2. The molecule has 0 aliphatic rings. The summed E-state index contributed by atoms with van der Waals surface area (Å²) < 4.78 is 6.48. The molecule has 0 N–H and O–H groups in total. The van der Waals surface area contributed by atoms with Crippen LogP contribution in [0.3, 0.4) is 0 Å². The van der Waals surface area contributed by atoms with Crippen molar-refractivity contribution in [2.24, 2.45) is 0 Å². The first-order chi connectivity index (χ1) is 27.8. The summed E-state index contributed by atoms with van der Waals surface area (Å²) in [5.41, 5.74) is 12.1. The van der Waals surface area contributed by atoms with Crippen LogP contribution in [0.4, 0.5) is 17.1 Å². The topological polar surface area (TPSA) is 16.4 Å². The molecule has 0 atom stereocenters. The molecule has 262 valence electrons. The van der Waals surface area contributed by atoms with Gasteiger partial charge in [0.15, 0.2) is 0 Å². The van der Waals surface area contributed by atoms with Crippen LogP contribution in [0.15, 0.2) is 217 Å². The molecular weight excluding hydrogens is 679 g/mol. The number of hydrogen-bond acceptors (Lipinski definition) is 2. The Morgan fingerprint density at radius 1 is 0.286 bits per heavy atom. The second-order valence-electron chi connectivity index (χ2n) is 14.5. The van der Waals surface area contributed by atoms with Gasteiger partial charge in [-0.3, -0.25) is 0 Å². The standard InChI is InChI=1S/C54H35NO/c1-2-14-36(15-3-1)37-26-28-41(29-27-37)55(42-30-31-53-51(35-42)50-32-38-16-4-5-17-39(38)34-54(50)56-53)52-25-13-12-24-48(52)45-21-9-11-23-47(45)49-33-40-18-6-7-19-43(40)44-20-8-10-22-46(44)49/h1-35H. The normalized spacial score (nSPS) is 11.6. The van der Waals surface area contributed by atoms with Gasteiger partial charge in [0.25, 0.3) is 0 Å². The van der Waals surface area contributed by atoms with Crippen molar-refractivity contribution in [2.75, 3.05) is 4.90 Å². The first-order valence-corrected chi connectivity index (χ1v) is 19.2. The van der Waals surface area contributed by atoms with E-state index in [1.54, 1.807) is 0 Å². The smallest absolute Gasteiger partial charge is 0.136 e. The summed E-state index contributed by atoms with van der Waals surface area (Å²) >= 11 is 0. The number of benzene rings is 10. The maximum absolute atomic E-state index is 6.48. The summed E-state index contributed by atoms with van der Waals surface area (Å²) in [6, 6.07) is 76.6. The van der Waals surface area contributed by atoms with Crippen molar-refractivity contribution >= 4 is 71.3 Å². The van der Waals surface area contributed by atoms with Crippen molar-refractivity contribution < 1.29 is 4.42 Å². The third kappa shape index (κ3) is 5.34. The Balaban J connectivity index is 1.14. The molecule has 10 aromatic carbocycles. The molecule has 0 radical (unpaired) electrons. The Morgan fingerprint density at radius 3 is 1.62 bits per heavy atom. The summed E-state index contributed by atoms with van der Waals surface area (Å²) in [7, 11) is 0. The van der Waals surface area contributed by atoms with Crippen molar-refractivity contribution in [3.63, 3.8) is 0 Å². The van der Waals surface area contributed by atoms with Crippen molar-refractivity contribution in [1.82, 2.24) is 0 Å². The predicted molar refractivity (Wildman–Crippen MR) is 237 cm³/mol. The van der Waals surface area contributed by atoms with E-state index in [0.29, 0.717) is 0 Å². The van der Waals surface area contributed by atoms with Crippen molar-refractivity contribution in [3.05, 3.63) is 212 Å². The highest BCUT2D eigenvalue weighted by molar-refractivity contribution is 6.15. The Morgan fingerprint density at radius 2 is 0.839 bits per heavy atom.